The summed E-state index contributed by atoms with van der Waals surface area (Å²) < 4.78 is 0. The van der Waals surface area contributed by atoms with Crippen molar-refractivity contribution in [3.63, 3.8) is 0 Å². The molecule has 0 radical (unpaired) electrons. The van der Waals surface area contributed by atoms with Crippen molar-refractivity contribution in [1.29, 1.82) is 0 Å². The summed E-state index contributed by atoms with van der Waals surface area (Å²) in [6, 6.07) is 4.36. The molecule has 4 amide bonds. The Balaban J connectivity index is 2.65. The van der Waals surface area contributed by atoms with Crippen LogP contribution >= 0.6 is 0 Å². The number of nitrogens with one attached hydrogen (secondary N) is 2. The SMILES string of the molecule is NC(=O)NC(=O)Nc1ccccc1O. The molecule has 0 bridgehead atoms. The van der Waals surface area contributed by atoms with Gasteiger partial charge in [0.05, 0.1) is 5.69 Å². The number of hydrogen-bond donors (Lipinski definition) is 4. The minimum Gasteiger partial charge on any atom is -0.506 e. The highest BCUT2D eigenvalue weighted by Crippen LogP contribution is 2.20. The second-order valence-corrected chi connectivity index (χ2v) is 2.46. The molecule has 0 aliphatic rings. The number of rotatable bonds is 1. The second kappa shape index (κ2) is 4.13. The highest BCUT2D eigenvalue weighted by Gasteiger charge is 2.06. The Labute approximate surface area is 79.7 Å². The lowest BCUT2D eigenvalue weighted by atomic mass is 10.3. The molecule has 0 saturated heterocycles. The molecule has 1 aromatic carbocycles. The van der Waals surface area contributed by atoms with Gasteiger partial charge in [-0.25, -0.2) is 9.59 Å². The number of primary amides is 1. The first kappa shape index (κ1) is 9.85. The van der Waals surface area contributed by atoms with Crippen molar-refractivity contribution in [3.05, 3.63) is 24.3 Å². The van der Waals surface area contributed by atoms with Crippen LogP contribution in [-0.2, 0) is 0 Å². The normalized spacial score (nSPS) is 9.14. The van der Waals surface area contributed by atoms with Gasteiger partial charge in [-0.2, -0.15) is 0 Å². The third-order valence-corrected chi connectivity index (χ3v) is 1.39. The Bertz CT molecular complexity index is 365. The van der Waals surface area contributed by atoms with Crippen molar-refractivity contribution in [2.45, 2.75) is 0 Å². The maximum atomic E-state index is 10.9. The van der Waals surface area contributed by atoms with Crippen molar-refractivity contribution < 1.29 is 14.7 Å². The monoisotopic (exact) mass is 195 g/mol. The van der Waals surface area contributed by atoms with E-state index in [4.69, 9.17) is 5.73 Å². The zero-order valence-electron chi connectivity index (χ0n) is 7.15. The first-order valence-electron chi connectivity index (χ1n) is 3.75. The van der Waals surface area contributed by atoms with E-state index in [9.17, 15) is 14.7 Å². The molecule has 0 fully saturated rings. The molecule has 0 saturated carbocycles. The van der Waals surface area contributed by atoms with Gasteiger partial charge in [-0.3, -0.25) is 5.32 Å². The number of urea groups is 2. The number of carbonyl (C=O) groups is 2. The molecule has 0 heterocycles. The summed E-state index contributed by atoms with van der Waals surface area (Å²) in [6.07, 6.45) is 0. The first-order valence-corrected chi connectivity index (χ1v) is 3.75. The first-order chi connectivity index (χ1) is 6.59. The number of para-hydroxylation sites is 2. The number of anilines is 1. The zero-order valence-corrected chi connectivity index (χ0v) is 7.15. The summed E-state index contributed by atoms with van der Waals surface area (Å²) >= 11 is 0. The van der Waals surface area contributed by atoms with E-state index in [2.05, 4.69) is 5.32 Å². The van der Waals surface area contributed by atoms with Crippen molar-refractivity contribution >= 4 is 17.7 Å². The highest BCUT2D eigenvalue weighted by molar-refractivity contribution is 6.00. The van der Waals surface area contributed by atoms with Gasteiger partial charge in [0.2, 0.25) is 0 Å². The molecule has 0 aromatic heterocycles. The van der Waals surface area contributed by atoms with Gasteiger partial charge in [-0.15, -0.1) is 0 Å². The van der Waals surface area contributed by atoms with Gasteiger partial charge in [0.25, 0.3) is 0 Å². The average Bonchev–Trinajstić information content (AvgIpc) is 2.07. The lowest BCUT2D eigenvalue weighted by Gasteiger charge is -2.05. The van der Waals surface area contributed by atoms with Crippen LogP contribution in [-0.4, -0.2) is 17.2 Å². The quantitative estimate of drug-likeness (QED) is 0.493. The van der Waals surface area contributed by atoms with Crippen molar-refractivity contribution in [2.24, 2.45) is 5.73 Å². The molecule has 0 aliphatic carbocycles. The minimum atomic E-state index is -0.960. The van der Waals surface area contributed by atoms with Gasteiger partial charge >= 0.3 is 12.1 Å². The topological polar surface area (TPSA) is 104 Å². The number of nitrogens with two attached hydrogens (primary N) is 1. The van der Waals surface area contributed by atoms with Gasteiger partial charge in [-0.05, 0) is 12.1 Å². The molecule has 74 valence electrons. The molecule has 1 aromatic rings. The standard InChI is InChI=1S/C8H9N3O3/c9-7(13)11-8(14)10-5-3-1-2-4-6(5)12/h1-4,12H,(H4,9,10,11,13,14). The predicted molar refractivity (Wildman–Crippen MR) is 49.8 cm³/mol. The van der Waals surface area contributed by atoms with Crippen LogP contribution in [0, 0.1) is 0 Å². The number of phenols is 1. The predicted octanol–water partition coefficient (Wildman–Crippen LogP) is 0.592. The van der Waals surface area contributed by atoms with E-state index in [0.29, 0.717) is 0 Å². The molecular weight excluding hydrogens is 186 g/mol. The lowest BCUT2D eigenvalue weighted by Crippen LogP contribution is -2.38. The van der Waals surface area contributed by atoms with Crippen LogP contribution in [0.25, 0.3) is 0 Å². The molecule has 0 atom stereocenters. The molecule has 6 nitrogen and oxygen atoms in total. The van der Waals surface area contributed by atoms with Crippen LogP contribution in [0.4, 0.5) is 15.3 Å². The summed E-state index contributed by atoms with van der Waals surface area (Å²) in [6.45, 7) is 0. The fraction of sp³-hybridized carbons (Fsp3) is 0. The van der Waals surface area contributed by atoms with Crippen molar-refractivity contribution in [3.8, 4) is 5.75 Å². The van der Waals surface area contributed by atoms with Crippen LogP contribution in [0.1, 0.15) is 0 Å². The molecule has 0 aliphatic heterocycles. The van der Waals surface area contributed by atoms with Crippen LogP contribution in [0.15, 0.2) is 24.3 Å². The lowest BCUT2D eigenvalue weighted by molar-refractivity contribution is 0.238. The van der Waals surface area contributed by atoms with Crippen molar-refractivity contribution in [1.82, 2.24) is 5.32 Å². The molecular formula is C8H9N3O3. The number of amides is 4. The number of carbonyl (C=O) groups excluding carboxylic acids is 2. The third-order valence-electron chi connectivity index (χ3n) is 1.39. The van der Waals surface area contributed by atoms with E-state index in [0.717, 1.165) is 0 Å². The molecule has 0 unspecified atom stereocenters. The van der Waals surface area contributed by atoms with Crippen LogP contribution in [0.3, 0.4) is 0 Å². The van der Waals surface area contributed by atoms with E-state index >= 15 is 0 Å². The van der Waals surface area contributed by atoms with Gasteiger partial charge in [-0.1, -0.05) is 12.1 Å². The fourth-order valence-electron chi connectivity index (χ4n) is 0.845. The number of phenolic OH excluding ortho intramolecular Hbond substituents is 1. The van der Waals surface area contributed by atoms with Gasteiger partial charge in [0.15, 0.2) is 0 Å². The molecule has 0 spiro atoms. The number of aromatic hydroxyl groups is 1. The fourth-order valence-corrected chi connectivity index (χ4v) is 0.845. The summed E-state index contributed by atoms with van der Waals surface area (Å²) in [5, 5.41) is 13.3. The highest BCUT2D eigenvalue weighted by atomic mass is 16.3. The second-order valence-electron chi connectivity index (χ2n) is 2.46. The summed E-state index contributed by atoms with van der Waals surface area (Å²) in [4.78, 5) is 21.2. The van der Waals surface area contributed by atoms with E-state index in [1.54, 1.807) is 17.4 Å². The smallest absolute Gasteiger partial charge is 0.327 e. The maximum absolute atomic E-state index is 10.9. The van der Waals surface area contributed by atoms with Gasteiger partial charge in [0, 0.05) is 0 Å². The third kappa shape index (κ3) is 2.67. The van der Waals surface area contributed by atoms with E-state index in [1.165, 1.54) is 12.1 Å². The Morgan fingerprint density at radius 3 is 2.50 bits per heavy atom. The summed E-state index contributed by atoms with van der Waals surface area (Å²) in [5.41, 5.74) is 4.91. The van der Waals surface area contributed by atoms with E-state index < -0.39 is 12.1 Å². The maximum Gasteiger partial charge on any atom is 0.327 e. The summed E-state index contributed by atoms with van der Waals surface area (Å²) in [7, 11) is 0. The molecule has 6 heteroatoms. The van der Waals surface area contributed by atoms with Crippen LogP contribution in [0.5, 0.6) is 5.75 Å². The average molecular weight is 195 g/mol. The Hall–Kier alpha value is -2.24. The Kier molecular flexibility index (Phi) is 2.90. The van der Waals surface area contributed by atoms with E-state index in [1.807, 2.05) is 0 Å². The summed E-state index contributed by atoms with van der Waals surface area (Å²) in [5.74, 6) is -0.0906. The van der Waals surface area contributed by atoms with Gasteiger partial charge in [0.1, 0.15) is 5.75 Å². The molecule has 1 rings (SSSR count). The zero-order chi connectivity index (χ0) is 10.6. The Morgan fingerprint density at radius 1 is 1.29 bits per heavy atom. The largest absolute Gasteiger partial charge is 0.506 e. The molecule has 14 heavy (non-hydrogen) atoms. The Morgan fingerprint density at radius 2 is 1.93 bits per heavy atom. The van der Waals surface area contributed by atoms with Gasteiger partial charge < -0.3 is 16.2 Å². The number of benzene rings is 1. The van der Waals surface area contributed by atoms with Crippen LogP contribution < -0.4 is 16.4 Å². The number of hydrogen-bond acceptors (Lipinski definition) is 3. The van der Waals surface area contributed by atoms with Crippen molar-refractivity contribution in [2.75, 3.05) is 5.32 Å². The molecule has 5 N–H and O–H groups in total. The minimum absolute atomic E-state index is 0.0906. The van der Waals surface area contributed by atoms with E-state index in [-0.39, 0.29) is 11.4 Å². The van der Waals surface area contributed by atoms with Crippen LogP contribution in [0.2, 0.25) is 0 Å². The number of imide groups is 1.